The van der Waals surface area contributed by atoms with Crippen LogP contribution in [0.2, 0.25) is 0 Å². The smallest absolute Gasteiger partial charge is 0.165 e. The van der Waals surface area contributed by atoms with Crippen LogP contribution >= 0.6 is 0 Å². The maximum atomic E-state index is 12.0. The molecule has 170 valence electrons. The van der Waals surface area contributed by atoms with Crippen LogP contribution in [0.25, 0.3) is 0 Å². The molecule has 4 fully saturated rings. The summed E-state index contributed by atoms with van der Waals surface area (Å²) in [6.45, 7) is 9.48. The van der Waals surface area contributed by atoms with E-state index in [2.05, 4.69) is 38.2 Å². The number of hydrogen-bond acceptors (Lipinski definition) is 5. The van der Waals surface area contributed by atoms with E-state index < -0.39 is 11.2 Å². The fourth-order valence-electron chi connectivity index (χ4n) is 8.68. The van der Waals surface area contributed by atoms with Crippen LogP contribution in [0.1, 0.15) is 64.5 Å². The van der Waals surface area contributed by atoms with Gasteiger partial charge in [0.25, 0.3) is 0 Å². The topological polar surface area (TPSA) is 60.0 Å². The lowest BCUT2D eigenvalue weighted by Gasteiger charge is -2.74. The van der Waals surface area contributed by atoms with E-state index in [1.807, 2.05) is 14.0 Å². The Morgan fingerprint density at radius 3 is 2.58 bits per heavy atom. The molecule has 5 nitrogen and oxygen atoms in total. The molecule has 1 aromatic rings. The minimum absolute atomic E-state index is 0.00105. The van der Waals surface area contributed by atoms with E-state index in [0.29, 0.717) is 6.04 Å². The summed E-state index contributed by atoms with van der Waals surface area (Å²) >= 11 is 0. The second-order valence-corrected chi connectivity index (χ2v) is 12.0. The standard InChI is InChI=1S/C26H37NO4/c1-22(2,3)23(4,28)17-14-24-9-10-26(17,30-6)21-25(24)11-12-27-18(24)13-15-7-8-16(29-5)20(31-21)19(15)25/h7-8,17-18,21,27-28H,9-14H2,1-6H3/t17?,18?,21?,23-,24-,25?,26-/m1/s1. The van der Waals surface area contributed by atoms with Crippen molar-refractivity contribution in [2.24, 2.45) is 16.7 Å². The molecule has 4 aliphatic carbocycles. The number of rotatable bonds is 3. The number of hydrogen-bond donors (Lipinski definition) is 2. The minimum atomic E-state index is -0.880. The number of piperidine rings is 1. The molecule has 2 aliphatic heterocycles. The van der Waals surface area contributed by atoms with Crippen LogP contribution in [-0.2, 0) is 16.6 Å². The first-order valence-electron chi connectivity index (χ1n) is 12.0. The maximum Gasteiger partial charge on any atom is 0.165 e. The number of benzene rings is 1. The molecule has 1 aromatic carbocycles. The normalized spacial score (nSPS) is 43.8. The lowest BCUT2D eigenvalue weighted by Crippen LogP contribution is -2.83. The fourth-order valence-corrected chi connectivity index (χ4v) is 8.68. The Balaban J connectivity index is 1.64. The zero-order chi connectivity index (χ0) is 22.0. The highest BCUT2D eigenvalue weighted by atomic mass is 16.6. The molecule has 4 unspecified atom stereocenters. The summed E-state index contributed by atoms with van der Waals surface area (Å²) in [5, 5.41) is 15.9. The van der Waals surface area contributed by atoms with Crippen LogP contribution in [0, 0.1) is 16.7 Å². The molecule has 6 aliphatic rings. The highest BCUT2D eigenvalue weighted by molar-refractivity contribution is 5.63. The third-order valence-corrected chi connectivity index (χ3v) is 10.6. The summed E-state index contributed by atoms with van der Waals surface area (Å²) in [6, 6.07) is 4.73. The van der Waals surface area contributed by atoms with Gasteiger partial charge in [-0.1, -0.05) is 26.8 Å². The molecule has 5 heteroatoms. The van der Waals surface area contributed by atoms with Crippen molar-refractivity contribution >= 4 is 0 Å². The van der Waals surface area contributed by atoms with Crippen molar-refractivity contribution in [3.8, 4) is 11.5 Å². The van der Waals surface area contributed by atoms with Crippen LogP contribution in [0.3, 0.4) is 0 Å². The van der Waals surface area contributed by atoms with Crippen LogP contribution in [0.5, 0.6) is 11.5 Å². The van der Waals surface area contributed by atoms with Gasteiger partial charge in [-0.25, -0.2) is 0 Å². The largest absolute Gasteiger partial charge is 0.493 e. The van der Waals surface area contributed by atoms with Gasteiger partial charge in [-0.2, -0.15) is 0 Å². The Morgan fingerprint density at radius 2 is 1.90 bits per heavy atom. The van der Waals surface area contributed by atoms with Crippen molar-refractivity contribution in [1.29, 1.82) is 0 Å². The first-order chi connectivity index (χ1) is 14.6. The van der Waals surface area contributed by atoms with Crippen LogP contribution in [0.15, 0.2) is 12.1 Å². The molecule has 0 radical (unpaired) electrons. The van der Waals surface area contributed by atoms with E-state index >= 15 is 0 Å². The Hall–Kier alpha value is -1.30. The second-order valence-electron chi connectivity index (χ2n) is 12.0. The molecule has 1 saturated heterocycles. The van der Waals surface area contributed by atoms with Crippen LogP contribution in [-0.4, -0.2) is 49.2 Å². The summed E-state index contributed by atoms with van der Waals surface area (Å²) in [4.78, 5) is 0. The Morgan fingerprint density at radius 1 is 1.13 bits per heavy atom. The van der Waals surface area contributed by atoms with Gasteiger partial charge in [0, 0.05) is 35.5 Å². The quantitative estimate of drug-likeness (QED) is 0.772. The van der Waals surface area contributed by atoms with E-state index in [1.165, 1.54) is 11.1 Å². The predicted molar refractivity (Wildman–Crippen MR) is 119 cm³/mol. The third kappa shape index (κ3) is 1.98. The third-order valence-electron chi connectivity index (χ3n) is 10.6. The molecule has 2 spiro atoms. The molecule has 0 amide bonds. The average Bonchev–Trinajstić information content (AvgIpc) is 3.09. The Bertz CT molecular complexity index is 951. The molecule has 4 bridgehead atoms. The summed E-state index contributed by atoms with van der Waals surface area (Å²) in [5.74, 6) is 1.77. The van der Waals surface area contributed by atoms with E-state index in [4.69, 9.17) is 14.2 Å². The van der Waals surface area contributed by atoms with Crippen molar-refractivity contribution < 1.29 is 19.3 Å². The van der Waals surface area contributed by atoms with Gasteiger partial charge >= 0.3 is 0 Å². The molecule has 7 rings (SSSR count). The van der Waals surface area contributed by atoms with Crippen molar-refractivity contribution in [3.63, 3.8) is 0 Å². The van der Waals surface area contributed by atoms with E-state index in [-0.39, 0.29) is 28.3 Å². The lowest BCUT2D eigenvalue weighted by atomic mass is 9.33. The van der Waals surface area contributed by atoms with Gasteiger partial charge < -0.3 is 24.6 Å². The number of ether oxygens (including phenoxy) is 3. The molecular formula is C26H37NO4. The van der Waals surface area contributed by atoms with Gasteiger partial charge in [0.05, 0.1) is 12.7 Å². The van der Waals surface area contributed by atoms with Gasteiger partial charge in [0.2, 0.25) is 0 Å². The van der Waals surface area contributed by atoms with Crippen molar-refractivity contribution in [2.75, 3.05) is 20.8 Å². The number of nitrogens with one attached hydrogen (secondary N) is 1. The molecular weight excluding hydrogens is 390 g/mol. The van der Waals surface area contributed by atoms with Crippen LogP contribution in [0.4, 0.5) is 0 Å². The Kier molecular flexibility index (Phi) is 3.79. The lowest BCUT2D eigenvalue weighted by molar-refractivity contribution is -0.303. The summed E-state index contributed by atoms with van der Waals surface area (Å²) < 4.78 is 19.3. The van der Waals surface area contributed by atoms with Gasteiger partial charge in [-0.05, 0) is 62.6 Å². The number of fused-ring (bicyclic) bond motifs is 2. The Labute approximate surface area is 185 Å². The molecule has 0 aromatic heterocycles. The van der Waals surface area contributed by atoms with Crippen molar-refractivity contribution in [1.82, 2.24) is 5.32 Å². The van der Waals surface area contributed by atoms with E-state index in [9.17, 15) is 5.11 Å². The van der Waals surface area contributed by atoms with Gasteiger partial charge in [0.15, 0.2) is 11.5 Å². The minimum Gasteiger partial charge on any atom is -0.493 e. The highest BCUT2D eigenvalue weighted by Crippen LogP contribution is 2.77. The first-order valence-corrected chi connectivity index (χ1v) is 12.0. The second kappa shape index (κ2) is 5.78. The zero-order valence-electron chi connectivity index (χ0n) is 19.8. The maximum absolute atomic E-state index is 12.0. The molecule has 31 heavy (non-hydrogen) atoms. The predicted octanol–water partition coefficient (Wildman–Crippen LogP) is 3.59. The van der Waals surface area contributed by atoms with E-state index in [1.54, 1.807) is 7.11 Å². The summed E-state index contributed by atoms with van der Waals surface area (Å²) in [7, 11) is 3.57. The molecule has 7 atom stereocenters. The van der Waals surface area contributed by atoms with E-state index in [0.717, 1.165) is 50.1 Å². The van der Waals surface area contributed by atoms with Crippen molar-refractivity contribution in [2.45, 2.75) is 88.6 Å². The SMILES string of the molecule is COc1ccc2c3c1OC1C34CCNC(C2)[C@]42CC[C@@]1(OC)C([C@@](C)(O)C(C)(C)C)C2. The van der Waals surface area contributed by atoms with Crippen LogP contribution < -0.4 is 14.8 Å². The summed E-state index contributed by atoms with van der Waals surface area (Å²) in [5.41, 5.74) is 1.13. The first kappa shape index (κ1) is 20.3. The molecule has 2 heterocycles. The van der Waals surface area contributed by atoms with Gasteiger partial charge in [-0.15, -0.1) is 0 Å². The zero-order valence-corrected chi connectivity index (χ0v) is 19.8. The molecule has 2 N–H and O–H groups in total. The highest BCUT2D eigenvalue weighted by Gasteiger charge is 2.81. The monoisotopic (exact) mass is 427 g/mol. The fraction of sp³-hybridized carbons (Fsp3) is 0.769. The molecule has 3 saturated carbocycles. The van der Waals surface area contributed by atoms with Gasteiger partial charge in [0.1, 0.15) is 11.7 Å². The summed E-state index contributed by atoms with van der Waals surface area (Å²) in [6.07, 6.45) is 4.99. The average molecular weight is 428 g/mol. The van der Waals surface area contributed by atoms with Gasteiger partial charge in [-0.3, -0.25) is 0 Å². The number of methoxy groups -OCH3 is 2. The number of aliphatic hydroxyl groups is 1. The van der Waals surface area contributed by atoms with Crippen molar-refractivity contribution in [3.05, 3.63) is 23.3 Å².